The van der Waals surface area contributed by atoms with E-state index in [1.165, 1.54) is 6.20 Å². The quantitative estimate of drug-likeness (QED) is 0.888. The summed E-state index contributed by atoms with van der Waals surface area (Å²) in [5, 5.41) is 8.65. The number of rotatable bonds is 3. The van der Waals surface area contributed by atoms with Gasteiger partial charge in [0.1, 0.15) is 12.2 Å². The molecule has 1 aromatic carbocycles. The zero-order chi connectivity index (χ0) is 12.5. The topological polar surface area (TPSA) is 81.8 Å². The van der Waals surface area contributed by atoms with Crippen LogP contribution in [0.5, 0.6) is 11.5 Å². The maximum absolute atomic E-state index is 10.5. The molecule has 92 valence electrons. The zero-order valence-electron chi connectivity index (χ0n) is 9.25. The first-order valence-electron chi connectivity index (χ1n) is 5.29. The molecule has 0 fully saturated rings. The van der Waals surface area contributed by atoms with Gasteiger partial charge in [0.2, 0.25) is 12.7 Å². The highest BCUT2D eigenvalue weighted by Crippen LogP contribution is 2.35. The summed E-state index contributed by atoms with van der Waals surface area (Å²) in [7, 11) is 0. The number of ether oxygens (including phenoxy) is 2. The van der Waals surface area contributed by atoms with E-state index < -0.39 is 5.97 Å². The van der Waals surface area contributed by atoms with E-state index in [-0.39, 0.29) is 13.2 Å². The lowest BCUT2D eigenvalue weighted by atomic mass is 10.2. The highest BCUT2D eigenvalue weighted by Gasteiger charge is 2.16. The molecule has 0 spiro atoms. The molecule has 18 heavy (non-hydrogen) atoms. The minimum atomic E-state index is -0.955. The summed E-state index contributed by atoms with van der Waals surface area (Å²) >= 11 is 0. The fraction of sp³-hybridized carbons (Fsp3) is 0.167. The molecule has 0 radical (unpaired) electrons. The summed E-state index contributed by atoms with van der Waals surface area (Å²) < 4.78 is 15.8. The third-order valence-electron chi connectivity index (χ3n) is 2.50. The first-order chi connectivity index (χ1) is 8.72. The third-order valence-corrected chi connectivity index (χ3v) is 2.50. The minimum absolute atomic E-state index is 0.183. The lowest BCUT2D eigenvalue weighted by Crippen LogP contribution is -1.97. The van der Waals surface area contributed by atoms with E-state index in [0.29, 0.717) is 23.1 Å². The van der Waals surface area contributed by atoms with Crippen LogP contribution in [0.3, 0.4) is 0 Å². The molecule has 0 saturated heterocycles. The molecule has 0 bridgehead atoms. The number of benzene rings is 1. The zero-order valence-corrected chi connectivity index (χ0v) is 9.25. The maximum Gasteiger partial charge on any atom is 0.311 e. The lowest BCUT2D eigenvalue weighted by molar-refractivity contribution is -0.136. The van der Waals surface area contributed by atoms with Gasteiger partial charge >= 0.3 is 5.97 Å². The SMILES string of the molecule is O=C(O)Cc1cnc(-c2ccc3c(c2)OCO3)o1. The number of hydrogen-bond donors (Lipinski definition) is 1. The molecule has 2 heterocycles. The number of aliphatic carboxylic acids is 1. The van der Waals surface area contributed by atoms with Gasteiger partial charge in [-0.2, -0.15) is 0 Å². The van der Waals surface area contributed by atoms with Gasteiger partial charge in [-0.05, 0) is 18.2 Å². The fourth-order valence-electron chi connectivity index (χ4n) is 1.70. The second kappa shape index (κ2) is 4.06. The number of fused-ring (bicyclic) bond motifs is 1. The first-order valence-corrected chi connectivity index (χ1v) is 5.29. The van der Waals surface area contributed by atoms with Crippen LogP contribution in [-0.4, -0.2) is 22.9 Å². The van der Waals surface area contributed by atoms with Crippen molar-refractivity contribution in [1.29, 1.82) is 0 Å². The highest BCUT2D eigenvalue weighted by molar-refractivity contribution is 5.69. The number of aromatic nitrogens is 1. The average Bonchev–Trinajstić information content (AvgIpc) is 2.95. The second-order valence-corrected chi connectivity index (χ2v) is 3.77. The monoisotopic (exact) mass is 247 g/mol. The predicted molar refractivity (Wildman–Crippen MR) is 59.4 cm³/mol. The molecule has 0 aliphatic carbocycles. The van der Waals surface area contributed by atoms with Crippen LogP contribution in [0.25, 0.3) is 11.5 Å². The number of nitrogens with zero attached hydrogens (tertiary/aromatic N) is 1. The Bertz CT molecular complexity index is 604. The van der Waals surface area contributed by atoms with E-state index in [9.17, 15) is 4.79 Å². The van der Waals surface area contributed by atoms with Crippen molar-refractivity contribution in [2.45, 2.75) is 6.42 Å². The van der Waals surface area contributed by atoms with Crippen LogP contribution in [0.2, 0.25) is 0 Å². The van der Waals surface area contributed by atoms with Crippen molar-refractivity contribution in [1.82, 2.24) is 4.98 Å². The van der Waals surface area contributed by atoms with E-state index in [1.54, 1.807) is 18.2 Å². The number of carboxylic acid groups (broad SMARTS) is 1. The third kappa shape index (κ3) is 1.88. The van der Waals surface area contributed by atoms with Crippen molar-refractivity contribution in [2.24, 2.45) is 0 Å². The van der Waals surface area contributed by atoms with Crippen molar-refractivity contribution >= 4 is 5.97 Å². The lowest BCUT2D eigenvalue weighted by Gasteiger charge is -1.98. The molecule has 0 amide bonds. The Hall–Kier alpha value is -2.50. The van der Waals surface area contributed by atoms with Crippen LogP contribution in [0, 0.1) is 0 Å². The summed E-state index contributed by atoms with van der Waals surface area (Å²) in [5.41, 5.74) is 0.718. The number of hydrogen-bond acceptors (Lipinski definition) is 5. The average molecular weight is 247 g/mol. The van der Waals surface area contributed by atoms with Gasteiger partial charge in [0.15, 0.2) is 11.5 Å². The normalized spacial score (nSPS) is 12.7. The van der Waals surface area contributed by atoms with Crippen molar-refractivity contribution in [3.8, 4) is 23.0 Å². The van der Waals surface area contributed by atoms with Crippen LogP contribution in [0.1, 0.15) is 5.76 Å². The van der Waals surface area contributed by atoms with E-state index in [2.05, 4.69) is 4.98 Å². The summed E-state index contributed by atoms with van der Waals surface area (Å²) in [6.07, 6.45) is 1.23. The Kier molecular flexibility index (Phi) is 2.40. The fourth-order valence-corrected chi connectivity index (χ4v) is 1.70. The van der Waals surface area contributed by atoms with Crippen LogP contribution in [0.4, 0.5) is 0 Å². The van der Waals surface area contributed by atoms with Gasteiger partial charge in [-0.1, -0.05) is 0 Å². The van der Waals surface area contributed by atoms with E-state index in [0.717, 1.165) is 5.56 Å². The predicted octanol–water partition coefficient (Wildman–Crippen LogP) is 1.70. The Morgan fingerprint density at radius 1 is 1.33 bits per heavy atom. The largest absolute Gasteiger partial charge is 0.481 e. The first kappa shape index (κ1) is 10.6. The van der Waals surface area contributed by atoms with Crippen molar-refractivity contribution in [3.63, 3.8) is 0 Å². The molecule has 3 rings (SSSR count). The highest BCUT2D eigenvalue weighted by atomic mass is 16.7. The molecular weight excluding hydrogens is 238 g/mol. The molecular formula is C12H9NO5. The van der Waals surface area contributed by atoms with Gasteiger partial charge in [0.05, 0.1) is 6.20 Å². The van der Waals surface area contributed by atoms with Crippen molar-refractivity contribution < 1.29 is 23.8 Å². The van der Waals surface area contributed by atoms with E-state index in [1.807, 2.05) is 0 Å². The Morgan fingerprint density at radius 3 is 3.00 bits per heavy atom. The molecule has 1 aromatic heterocycles. The molecule has 6 nitrogen and oxygen atoms in total. The molecule has 0 atom stereocenters. The van der Waals surface area contributed by atoms with Crippen LogP contribution in [-0.2, 0) is 11.2 Å². The van der Waals surface area contributed by atoms with Crippen molar-refractivity contribution in [2.75, 3.05) is 6.79 Å². The summed E-state index contributed by atoms with van der Waals surface area (Å²) in [6, 6.07) is 5.29. The van der Waals surface area contributed by atoms with Gasteiger partial charge < -0.3 is 19.0 Å². The van der Waals surface area contributed by atoms with E-state index in [4.69, 9.17) is 19.0 Å². The Labute approximate surface area is 102 Å². The Morgan fingerprint density at radius 2 is 2.17 bits per heavy atom. The molecule has 1 aliphatic heterocycles. The maximum atomic E-state index is 10.5. The van der Waals surface area contributed by atoms with Crippen LogP contribution >= 0.6 is 0 Å². The molecule has 1 N–H and O–H groups in total. The summed E-state index contributed by atoms with van der Waals surface area (Å²) in [5.74, 6) is 1.03. The van der Waals surface area contributed by atoms with Gasteiger partial charge in [-0.3, -0.25) is 4.79 Å². The Balaban J connectivity index is 1.90. The number of oxazole rings is 1. The summed E-state index contributed by atoms with van der Waals surface area (Å²) in [4.78, 5) is 14.6. The second-order valence-electron chi connectivity index (χ2n) is 3.77. The van der Waals surface area contributed by atoms with Gasteiger partial charge in [0, 0.05) is 5.56 Å². The van der Waals surface area contributed by atoms with Crippen LogP contribution in [0.15, 0.2) is 28.8 Å². The molecule has 6 heteroatoms. The van der Waals surface area contributed by atoms with Gasteiger partial charge in [-0.15, -0.1) is 0 Å². The molecule has 0 unspecified atom stereocenters. The summed E-state index contributed by atoms with van der Waals surface area (Å²) in [6.45, 7) is 0.203. The molecule has 2 aromatic rings. The van der Waals surface area contributed by atoms with Crippen LogP contribution < -0.4 is 9.47 Å². The van der Waals surface area contributed by atoms with Gasteiger partial charge in [0.25, 0.3) is 0 Å². The molecule has 0 saturated carbocycles. The number of carboxylic acids is 1. The number of carbonyl (C=O) groups is 1. The van der Waals surface area contributed by atoms with Crippen molar-refractivity contribution in [3.05, 3.63) is 30.2 Å². The smallest absolute Gasteiger partial charge is 0.311 e. The van der Waals surface area contributed by atoms with Gasteiger partial charge in [-0.25, -0.2) is 4.98 Å². The minimum Gasteiger partial charge on any atom is -0.481 e. The standard InChI is InChI=1S/C12H9NO5/c14-11(15)4-8-5-13-12(18-8)7-1-2-9-10(3-7)17-6-16-9/h1-3,5H,4,6H2,(H,14,15). The van der Waals surface area contributed by atoms with E-state index >= 15 is 0 Å². The molecule has 1 aliphatic rings.